The molecule has 1 unspecified atom stereocenters. The van der Waals surface area contributed by atoms with E-state index >= 15 is 0 Å². The van der Waals surface area contributed by atoms with Crippen LogP contribution in [0.3, 0.4) is 0 Å². The van der Waals surface area contributed by atoms with E-state index < -0.39 is 17.1 Å². The van der Waals surface area contributed by atoms with Gasteiger partial charge in [-0.05, 0) is 52.6 Å². The Morgan fingerprint density at radius 1 is 1.00 bits per heavy atom. The number of pyridine rings is 1. The number of benzene rings is 2. The molecular weight excluding hydrogens is 456 g/mol. The van der Waals surface area contributed by atoms with Crippen LogP contribution in [0.25, 0.3) is 22.4 Å². The lowest BCUT2D eigenvalue weighted by Crippen LogP contribution is -2.32. The van der Waals surface area contributed by atoms with Gasteiger partial charge < -0.3 is 15.2 Å². The fraction of sp³-hybridized carbons (Fsp3) is 0.0833. The van der Waals surface area contributed by atoms with Crippen LogP contribution < -0.4 is 10.6 Å². The number of aromatic nitrogens is 2. The fourth-order valence-corrected chi connectivity index (χ4v) is 4.41. The predicted molar refractivity (Wildman–Crippen MR) is 131 cm³/mol. The summed E-state index contributed by atoms with van der Waals surface area (Å²) in [5, 5.41) is 7.60. The molecule has 2 heterocycles. The number of carbonyl (C=O) groups excluding carboxylic acids is 2. The number of nitrogens with one attached hydrogen (secondary N) is 2. The van der Waals surface area contributed by atoms with E-state index in [1.807, 2.05) is 41.8 Å². The molecule has 0 aliphatic carbocycles. The van der Waals surface area contributed by atoms with E-state index in [4.69, 9.17) is 0 Å². The largest absolute Gasteiger partial charge is 0.612 e. The molecule has 33 heavy (non-hydrogen) atoms. The first-order chi connectivity index (χ1) is 16.0. The highest BCUT2D eigenvalue weighted by Gasteiger charge is 2.13. The zero-order valence-corrected chi connectivity index (χ0v) is 19.3. The first-order valence-corrected chi connectivity index (χ1v) is 12.4. The van der Waals surface area contributed by atoms with Gasteiger partial charge in [-0.25, -0.2) is 4.98 Å². The van der Waals surface area contributed by atoms with Gasteiger partial charge in [0, 0.05) is 35.0 Å². The van der Waals surface area contributed by atoms with Crippen molar-refractivity contribution in [1.29, 1.82) is 0 Å². The average Bonchev–Trinajstić information content (AvgIpc) is 3.31. The Balaban J connectivity index is 1.36. The van der Waals surface area contributed by atoms with Crippen LogP contribution >= 0.6 is 11.3 Å². The summed E-state index contributed by atoms with van der Waals surface area (Å²) in [6.07, 6.45) is 5.04. The molecule has 0 fully saturated rings. The van der Waals surface area contributed by atoms with Crippen molar-refractivity contribution in [2.45, 2.75) is 4.90 Å². The van der Waals surface area contributed by atoms with Gasteiger partial charge in [0.05, 0.1) is 12.2 Å². The first kappa shape index (κ1) is 22.7. The molecule has 2 N–H and O–H groups in total. The number of hydrogen-bond donors (Lipinski definition) is 2. The van der Waals surface area contributed by atoms with E-state index in [0.717, 1.165) is 22.4 Å². The van der Waals surface area contributed by atoms with E-state index in [0.29, 0.717) is 15.6 Å². The molecule has 2 aromatic carbocycles. The van der Waals surface area contributed by atoms with Crippen LogP contribution in [0.2, 0.25) is 0 Å². The number of hydrogen-bond acceptors (Lipinski definition) is 6. The van der Waals surface area contributed by atoms with Crippen LogP contribution in [0.15, 0.2) is 83.3 Å². The van der Waals surface area contributed by atoms with Crippen molar-refractivity contribution in [1.82, 2.24) is 15.3 Å². The molecule has 2 aromatic heterocycles. The molecule has 0 bridgehead atoms. The van der Waals surface area contributed by atoms with Crippen molar-refractivity contribution in [3.8, 4) is 22.4 Å². The second-order valence-electron chi connectivity index (χ2n) is 7.07. The lowest BCUT2D eigenvalue weighted by Gasteiger charge is -2.07. The second-order valence-corrected chi connectivity index (χ2v) is 9.31. The standard InChI is InChI=1S/C24H20N4O3S2/c1-33(31)20-7-3-6-19(13-20)23(30)26-14-22(29)28-24-27-21(15-32-24)18-5-2-4-17(12-18)16-8-10-25-11-9-16/h2-13,15H,14H2,1H3,(H,26,30)(H,27,28,29). The third kappa shape index (κ3) is 5.83. The summed E-state index contributed by atoms with van der Waals surface area (Å²) in [7, 11) is 0. The molecule has 4 rings (SSSR count). The van der Waals surface area contributed by atoms with Crippen LogP contribution in [0.4, 0.5) is 5.13 Å². The van der Waals surface area contributed by atoms with Crippen LogP contribution in [-0.4, -0.2) is 39.1 Å². The quantitative estimate of drug-likeness (QED) is 0.393. The van der Waals surface area contributed by atoms with Crippen LogP contribution in [0.1, 0.15) is 10.4 Å². The van der Waals surface area contributed by atoms with Crippen LogP contribution in [0.5, 0.6) is 0 Å². The Morgan fingerprint density at radius 2 is 1.76 bits per heavy atom. The molecule has 0 saturated carbocycles. The van der Waals surface area contributed by atoms with Crippen molar-refractivity contribution >= 4 is 39.5 Å². The molecule has 9 heteroatoms. The summed E-state index contributed by atoms with van der Waals surface area (Å²) in [6, 6.07) is 18.4. The van der Waals surface area contributed by atoms with Gasteiger partial charge in [-0.1, -0.05) is 24.3 Å². The van der Waals surface area contributed by atoms with Crippen molar-refractivity contribution < 1.29 is 14.1 Å². The molecule has 0 saturated heterocycles. The third-order valence-electron chi connectivity index (χ3n) is 4.76. The number of anilines is 1. The molecule has 0 aliphatic heterocycles. The summed E-state index contributed by atoms with van der Waals surface area (Å²) in [4.78, 5) is 33.7. The minimum Gasteiger partial charge on any atom is -0.612 e. The molecule has 4 aromatic rings. The molecule has 2 amide bonds. The smallest absolute Gasteiger partial charge is 0.251 e. The molecule has 0 aliphatic rings. The Bertz CT molecular complexity index is 1280. The summed E-state index contributed by atoms with van der Waals surface area (Å²) in [6.45, 7) is -0.204. The molecule has 0 radical (unpaired) electrons. The Labute approximate surface area is 198 Å². The highest BCUT2D eigenvalue weighted by atomic mass is 32.2. The van der Waals surface area contributed by atoms with Crippen LogP contribution in [0, 0.1) is 0 Å². The second kappa shape index (κ2) is 10.4. The van der Waals surface area contributed by atoms with E-state index in [1.165, 1.54) is 11.3 Å². The topological polar surface area (TPSA) is 107 Å². The third-order valence-corrected chi connectivity index (χ3v) is 6.44. The van der Waals surface area contributed by atoms with Gasteiger partial charge in [0.15, 0.2) is 10.0 Å². The summed E-state index contributed by atoms with van der Waals surface area (Å²) >= 11 is 0.120. The maximum absolute atomic E-state index is 12.3. The van der Waals surface area contributed by atoms with E-state index in [-0.39, 0.29) is 12.5 Å². The van der Waals surface area contributed by atoms with E-state index in [1.54, 1.807) is 42.9 Å². The molecule has 7 nitrogen and oxygen atoms in total. The van der Waals surface area contributed by atoms with Gasteiger partial charge >= 0.3 is 0 Å². The van der Waals surface area contributed by atoms with E-state index in [2.05, 4.69) is 20.6 Å². The monoisotopic (exact) mass is 476 g/mol. The maximum Gasteiger partial charge on any atom is 0.251 e. The molecule has 166 valence electrons. The van der Waals surface area contributed by atoms with Gasteiger partial charge in [0.2, 0.25) is 5.91 Å². The van der Waals surface area contributed by atoms with Gasteiger partial charge in [-0.2, -0.15) is 0 Å². The van der Waals surface area contributed by atoms with Gasteiger partial charge in [-0.3, -0.25) is 14.6 Å². The highest BCUT2D eigenvalue weighted by molar-refractivity contribution is 7.90. The maximum atomic E-state index is 12.3. The number of amides is 2. The molecule has 1 atom stereocenters. The number of nitrogens with zero attached hydrogens (tertiary/aromatic N) is 2. The number of carbonyl (C=O) groups is 2. The van der Waals surface area contributed by atoms with E-state index in [9.17, 15) is 14.1 Å². The fourth-order valence-electron chi connectivity index (χ4n) is 3.11. The zero-order valence-electron chi connectivity index (χ0n) is 17.6. The van der Waals surface area contributed by atoms with Gasteiger partial charge in [0.25, 0.3) is 5.91 Å². The normalized spacial score (nSPS) is 11.6. The zero-order chi connectivity index (χ0) is 23.2. The Morgan fingerprint density at radius 3 is 2.55 bits per heavy atom. The molecule has 0 spiro atoms. The summed E-state index contributed by atoms with van der Waals surface area (Å²) in [5.41, 5.74) is 4.14. The lowest BCUT2D eigenvalue weighted by atomic mass is 10.0. The lowest BCUT2D eigenvalue weighted by molar-refractivity contribution is -0.115. The van der Waals surface area contributed by atoms with Crippen molar-refractivity contribution in [3.63, 3.8) is 0 Å². The van der Waals surface area contributed by atoms with Crippen molar-refractivity contribution in [2.75, 3.05) is 18.1 Å². The van der Waals surface area contributed by atoms with Gasteiger partial charge in [-0.15, -0.1) is 11.3 Å². The minimum absolute atomic E-state index is 0.204. The highest BCUT2D eigenvalue weighted by Crippen LogP contribution is 2.28. The summed E-state index contributed by atoms with van der Waals surface area (Å²) in [5.74, 6) is -0.796. The van der Waals surface area contributed by atoms with Gasteiger partial charge in [0.1, 0.15) is 6.26 Å². The predicted octanol–water partition coefficient (Wildman–Crippen LogP) is 3.98. The average molecular weight is 477 g/mol. The molecular formula is C24H20N4O3S2. The summed E-state index contributed by atoms with van der Waals surface area (Å²) < 4.78 is 11.6. The minimum atomic E-state index is -1.19. The van der Waals surface area contributed by atoms with Crippen molar-refractivity contribution in [3.05, 3.63) is 84.0 Å². The van der Waals surface area contributed by atoms with Crippen molar-refractivity contribution in [2.24, 2.45) is 0 Å². The Hall–Kier alpha value is -3.53. The number of thiazole rings is 1. The number of rotatable bonds is 7. The Kier molecular flexibility index (Phi) is 7.13. The van der Waals surface area contributed by atoms with Crippen LogP contribution in [-0.2, 0) is 16.0 Å². The first-order valence-electron chi connectivity index (χ1n) is 9.97. The SMILES string of the molecule is C[S+]([O-])c1cccc(C(=O)NCC(=O)Nc2nc(-c3cccc(-c4ccncc4)c3)cs2)c1.